The van der Waals surface area contributed by atoms with E-state index in [1.807, 2.05) is 35.8 Å². The van der Waals surface area contributed by atoms with Gasteiger partial charge in [0.1, 0.15) is 21.8 Å². The number of amides is 1. The van der Waals surface area contributed by atoms with Crippen LogP contribution in [0.4, 0.5) is 0 Å². The first kappa shape index (κ1) is 16.4. The molecule has 0 spiro atoms. The number of aromatic nitrogens is 4. The smallest absolute Gasteiger partial charge is 0.274 e. The Bertz CT molecular complexity index is 900. The number of rotatable bonds is 3. The number of carbonyl (C=O) groups excluding carboxylic acids is 1. The van der Waals surface area contributed by atoms with E-state index < -0.39 is 0 Å². The summed E-state index contributed by atoms with van der Waals surface area (Å²) in [6, 6.07) is -0.150. The van der Waals surface area contributed by atoms with Gasteiger partial charge < -0.3 is 9.64 Å². The molecule has 1 amide bonds. The highest BCUT2D eigenvalue weighted by Gasteiger charge is 2.32. The number of hydrogen-bond acceptors (Lipinski definition) is 7. The largest absolute Gasteiger partial charge is 0.377 e. The molecule has 3 aromatic heterocycles. The van der Waals surface area contributed by atoms with Crippen LogP contribution in [0.25, 0.3) is 10.6 Å². The van der Waals surface area contributed by atoms with Gasteiger partial charge in [0.25, 0.3) is 5.91 Å². The maximum atomic E-state index is 13.0. The molecule has 0 N–H and O–H groups in total. The minimum absolute atomic E-state index is 0.0763. The van der Waals surface area contributed by atoms with Crippen molar-refractivity contribution in [3.8, 4) is 10.6 Å². The van der Waals surface area contributed by atoms with Crippen LogP contribution in [-0.2, 0) is 11.8 Å². The molecule has 1 aliphatic heterocycles. The van der Waals surface area contributed by atoms with Crippen molar-refractivity contribution in [1.82, 2.24) is 24.6 Å². The Balaban J connectivity index is 1.59. The normalized spacial score (nSPS) is 17.8. The zero-order chi connectivity index (χ0) is 17.4. The van der Waals surface area contributed by atoms with E-state index >= 15 is 0 Å². The molecule has 25 heavy (non-hydrogen) atoms. The fraction of sp³-hybridized carbons (Fsp3) is 0.375. The lowest BCUT2D eigenvalue weighted by Gasteiger charge is -2.33. The number of ether oxygens (including phenoxy) is 1. The van der Waals surface area contributed by atoms with Crippen LogP contribution in [0.3, 0.4) is 0 Å². The molecule has 1 unspecified atom stereocenters. The molecule has 1 atom stereocenters. The van der Waals surface area contributed by atoms with Crippen molar-refractivity contribution in [1.29, 1.82) is 0 Å². The van der Waals surface area contributed by atoms with E-state index in [4.69, 9.17) is 4.74 Å². The lowest BCUT2D eigenvalue weighted by Crippen LogP contribution is -2.43. The van der Waals surface area contributed by atoms with Crippen LogP contribution in [-0.4, -0.2) is 50.3 Å². The predicted octanol–water partition coefficient (Wildman–Crippen LogP) is 2.52. The van der Waals surface area contributed by atoms with Gasteiger partial charge in [-0.2, -0.15) is 5.10 Å². The van der Waals surface area contributed by atoms with Gasteiger partial charge in [0.15, 0.2) is 0 Å². The summed E-state index contributed by atoms with van der Waals surface area (Å²) in [4.78, 5) is 23.9. The molecule has 0 bridgehead atoms. The third-order valence-electron chi connectivity index (χ3n) is 3.99. The lowest BCUT2D eigenvalue weighted by molar-refractivity contribution is -0.00303. The SMILES string of the molecule is Cc1csc(C2COCCN2C(=O)c2csc(-c3cnn(C)c3)n2)n1. The molecule has 4 heterocycles. The lowest BCUT2D eigenvalue weighted by atomic mass is 10.2. The molecule has 9 heteroatoms. The van der Waals surface area contributed by atoms with Gasteiger partial charge in [-0.05, 0) is 6.92 Å². The second kappa shape index (κ2) is 6.66. The van der Waals surface area contributed by atoms with Crippen LogP contribution in [0, 0.1) is 6.92 Å². The Labute approximate surface area is 152 Å². The van der Waals surface area contributed by atoms with Crippen LogP contribution in [0.5, 0.6) is 0 Å². The monoisotopic (exact) mass is 375 g/mol. The molecule has 3 aromatic rings. The Morgan fingerprint density at radius 1 is 1.32 bits per heavy atom. The number of thiazole rings is 2. The maximum Gasteiger partial charge on any atom is 0.274 e. The molecule has 7 nitrogen and oxygen atoms in total. The zero-order valence-corrected chi connectivity index (χ0v) is 15.5. The molecule has 1 fully saturated rings. The highest BCUT2D eigenvalue weighted by atomic mass is 32.1. The van der Waals surface area contributed by atoms with E-state index in [2.05, 4.69) is 15.1 Å². The molecular weight excluding hydrogens is 358 g/mol. The Hall–Kier alpha value is -2.10. The first-order chi connectivity index (χ1) is 12.1. The highest BCUT2D eigenvalue weighted by molar-refractivity contribution is 7.13. The summed E-state index contributed by atoms with van der Waals surface area (Å²) in [5.41, 5.74) is 2.34. The topological polar surface area (TPSA) is 73.1 Å². The first-order valence-electron chi connectivity index (χ1n) is 7.87. The van der Waals surface area contributed by atoms with Gasteiger partial charge in [0.2, 0.25) is 0 Å². The highest BCUT2D eigenvalue weighted by Crippen LogP contribution is 2.30. The van der Waals surface area contributed by atoms with Crippen LogP contribution >= 0.6 is 22.7 Å². The third kappa shape index (κ3) is 3.22. The van der Waals surface area contributed by atoms with Crippen molar-refractivity contribution in [2.24, 2.45) is 7.05 Å². The molecule has 0 aromatic carbocycles. The molecule has 130 valence electrons. The van der Waals surface area contributed by atoms with Crippen molar-refractivity contribution in [3.05, 3.63) is 39.5 Å². The molecule has 0 radical (unpaired) electrons. The number of carbonyl (C=O) groups is 1. The Kier molecular flexibility index (Phi) is 4.36. The van der Waals surface area contributed by atoms with Crippen molar-refractivity contribution in [2.45, 2.75) is 13.0 Å². The summed E-state index contributed by atoms with van der Waals surface area (Å²) in [5.74, 6) is -0.0763. The average Bonchev–Trinajstić information content (AvgIpc) is 3.34. The zero-order valence-electron chi connectivity index (χ0n) is 13.9. The van der Waals surface area contributed by atoms with Crippen molar-refractivity contribution >= 4 is 28.6 Å². The number of hydrogen-bond donors (Lipinski definition) is 0. The van der Waals surface area contributed by atoms with E-state index in [0.717, 1.165) is 21.3 Å². The Morgan fingerprint density at radius 3 is 2.92 bits per heavy atom. The fourth-order valence-electron chi connectivity index (χ4n) is 2.76. The van der Waals surface area contributed by atoms with Crippen molar-refractivity contribution in [3.63, 3.8) is 0 Å². The van der Waals surface area contributed by atoms with Crippen LogP contribution in [0.2, 0.25) is 0 Å². The minimum atomic E-state index is -0.150. The van der Waals surface area contributed by atoms with Crippen molar-refractivity contribution < 1.29 is 9.53 Å². The van der Waals surface area contributed by atoms with Gasteiger partial charge in [-0.15, -0.1) is 22.7 Å². The van der Waals surface area contributed by atoms with E-state index in [0.29, 0.717) is 25.5 Å². The summed E-state index contributed by atoms with van der Waals surface area (Å²) in [7, 11) is 1.86. The summed E-state index contributed by atoms with van der Waals surface area (Å²) in [6.45, 7) is 3.50. The summed E-state index contributed by atoms with van der Waals surface area (Å²) < 4.78 is 7.31. The van der Waals surface area contributed by atoms with Crippen LogP contribution < -0.4 is 0 Å². The molecule has 0 saturated carbocycles. The summed E-state index contributed by atoms with van der Waals surface area (Å²) in [6.07, 6.45) is 3.64. The number of nitrogens with zero attached hydrogens (tertiary/aromatic N) is 5. The van der Waals surface area contributed by atoms with Gasteiger partial charge in [-0.25, -0.2) is 9.97 Å². The average molecular weight is 375 g/mol. The first-order valence-corrected chi connectivity index (χ1v) is 9.63. The molecule has 4 rings (SSSR count). The van der Waals surface area contributed by atoms with Crippen LogP contribution in [0.1, 0.15) is 27.2 Å². The molecule has 1 saturated heterocycles. The molecular formula is C16H17N5O2S2. The predicted molar refractivity (Wildman–Crippen MR) is 95.8 cm³/mol. The third-order valence-corrected chi connectivity index (χ3v) is 5.94. The minimum Gasteiger partial charge on any atom is -0.377 e. The fourth-order valence-corrected chi connectivity index (χ4v) is 4.42. The second-order valence-corrected chi connectivity index (χ2v) is 7.60. The van der Waals surface area contributed by atoms with Gasteiger partial charge in [0, 0.05) is 41.8 Å². The van der Waals surface area contributed by atoms with E-state index in [1.165, 1.54) is 11.3 Å². The number of aryl methyl sites for hydroxylation is 2. The maximum absolute atomic E-state index is 13.0. The van der Waals surface area contributed by atoms with E-state index in [9.17, 15) is 4.79 Å². The summed E-state index contributed by atoms with van der Waals surface area (Å²) in [5, 5.41) is 9.67. The van der Waals surface area contributed by atoms with Crippen molar-refractivity contribution in [2.75, 3.05) is 19.8 Å². The van der Waals surface area contributed by atoms with Crippen LogP contribution in [0.15, 0.2) is 23.2 Å². The quantitative estimate of drug-likeness (QED) is 0.703. The van der Waals surface area contributed by atoms with Gasteiger partial charge in [-0.3, -0.25) is 9.48 Å². The number of morpholine rings is 1. The van der Waals surface area contributed by atoms with Gasteiger partial charge in [0.05, 0.1) is 19.4 Å². The van der Waals surface area contributed by atoms with Gasteiger partial charge >= 0.3 is 0 Å². The Morgan fingerprint density at radius 2 is 2.20 bits per heavy atom. The summed E-state index contributed by atoms with van der Waals surface area (Å²) >= 11 is 3.02. The van der Waals surface area contributed by atoms with E-state index in [-0.39, 0.29) is 11.9 Å². The molecule has 1 aliphatic rings. The standard InChI is InChI=1S/C16H17N5O2S2/c1-10-8-24-15(18-10)13-7-23-4-3-21(13)16(22)12-9-25-14(19-12)11-5-17-20(2)6-11/h5-6,8-9,13H,3-4,7H2,1-2H3. The van der Waals surface area contributed by atoms with E-state index in [1.54, 1.807) is 22.2 Å². The molecule has 0 aliphatic carbocycles. The second-order valence-electron chi connectivity index (χ2n) is 5.86. The van der Waals surface area contributed by atoms with Gasteiger partial charge in [-0.1, -0.05) is 0 Å².